The molecule has 2 aromatic carbocycles. The molecular weight excluding hydrogens is 673 g/mol. The van der Waals surface area contributed by atoms with Crippen LogP contribution in [0.15, 0.2) is 78.5 Å². The molecule has 0 aromatic heterocycles. The maximum absolute atomic E-state index is 7.67. The third-order valence-electron chi connectivity index (χ3n) is 4.00. The molecule has 0 saturated carbocycles. The van der Waals surface area contributed by atoms with Gasteiger partial charge in [0.25, 0.3) is 0 Å². The van der Waals surface area contributed by atoms with Crippen molar-refractivity contribution in [3.05, 3.63) is 60.7 Å². The van der Waals surface area contributed by atoms with Gasteiger partial charge in [0.15, 0.2) is 0 Å². The summed E-state index contributed by atoms with van der Waals surface area (Å²) in [6, 6.07) is 21.4. The Kier molecular flexibility index (Phi) is 12.1. The fourth-order valence-corrected chi connectivity index (χ4v) is 41.1. The van der Waals surface area contributed by atoms with Crippen molar-refractivity contribution < 1.29 is 0 Å². The SMILES string of the molecule is C[Si](C)(C)/N=[S@](\c1ccccc1)[N]([Ge][Cl])[Ge]([Cl])[N](/[S@](=N/[Si](C)(C)C)c1ccccc1)[Si](C)(C)C. The predicted octanol–water partition coefficient (Wildman–Crippen LogP) is 7.64. The van der Waals surface area contributed by atoms with Crippen LogP contribution in [0.25, 0.3) is 0 Å². The van der Waals surface area contributed by atoms with E-state index < -0.39 is 75.1 Å². The summed E-state index contributed by atoms with van der Waals surface area (Å²) < 4.78 is 16.0. The molecule has 0 aliphatic carbocycles. The molecule has 0 spiro atoms. The van der Waals surface area contributed by atoms with Gasteiger partial charge in [-0.3, -0.25) is 0 Å². The van der Waals surface area contributed by atoms with Gasteiger partial charge in [0.2, 0.25) is 0 Å². The van der Waals surface area contributed by atoms with E-state index in [1.165, 1.54) is 9.79 Å². The normalized spacial score (nSPS) is 15.5. The van der Waals surface area contributed by atoms with Gasteiger partial charge in [-0.1, -0.05) is 0 Å². The fourth-order valence-electron chi connectivity index (χ4n) is 2.83. The van der Waals surface area contributed by atoms with Crippen LogP contribution in [0.5, 0.6) is 0 Å². The van der Waals surface area contributed by atoms with E-state index in [4.69, 9.17) is 28.1 Å². The quantitative estimate of drug-likeness (QED) is 0.238. The van der Waals surface area contributed by atoms with E-state index in [0.29, 0.717) is 0 Å². The molecule has 0 saturated heterocycles. The summed E-state index contributed by atoms with van der Waals surface area (Å²) in [7, 11) is 8.35. The van der Waals surface area contributed by atoms with Crippen LogP contribution in [0.4, 0.5) is 0 Å². The van der Waals surface area contributed by atoms with Gasteiger partial charge in [-0.25, -0.2) is 0 Å². The van der Waals surface area contributed by atoms with Crippen LogP contribution >= 0.6 is 20.0 Å². The van der Waals surface area contributed by atoms with Crippen LogP contribution < -0.4 is 0 Å². The molecule has 0 heterocycles. The van der Waals surface area contributed by atoms with Crippen molar-refractivity contribution >= 4 is 95.1 Å². The molecule has 0 aliphatic heterocycles. The molecule has 0 N–H and O–H groups in total. The minimum absolute atomic E-state index is 0.395. The summed E-state index contributed by atoms with van der Waals surface area (Å²) in [4.78, 5) is 2.48. The number of hydrogen-bond donors (Lipinski definition) is 0. The van der Waals surface area contributed by atoms with Crippen LogP contribution in [0, 0.1) is 0 Å². The Bertz CT molecular complexity index is 999. The third kappa shape index (κ3) is 9.69. The zero-order valence-electron chi connectivity index (χ0n) is 21.6. The van der Waals surface area contributed by atoms with Crippen LogP contribution in [-0.2, 0) is 21.8 Å². The molecule has 0 fully saturated rings. The topological polar surface area (TPSA) is 31.2 Å². The van der Waals surface area contributed by atoms with Crippen molar-refractivity contribution in [2.75, 3.05) is 0 Å². The number of rotatable bonds is 10. The van der Waals surface area contributed by atoms with E-state index in [0.717, 1.165) is 0 Å². The monoisotopic (exact) mass is 711 g/mol. The first-order chi connectivity index (χ1) is 15.6. The molecule has 2 atom stereocenters. The molecule has 4 nitrogen and oxygen atoms in total. The van der Waals surface area contributed by atoms with Crippen molar-refractivity contribution in [3.63, 3.8) is 0 Å². The van der Waals surface area contributed by atoms with Crippen molar-refractivity contribution in [2.45, 2.75) is 68.7 Å². The molecule has 2 aromatic rings. The van der Waals surface area contributed by atoms with Gasteiger partial charge in [-0.2, -0.15) is 0 Å². The van der Waals surface area contributed by atoms with Crippen molar-refractivity contribution in [1.82, 2.24) is 5.15 Å². The standard InChI is InChI=1S/C21H37Cl2Ge2N4S2Si3/c1-32(2,3)26-30(20-16-12-10-13-17-20)28(24-22)25(23)29(34(7,8)9)31(27-33(4,5)6)21-18-14-11-15-19-21/h10-19H,1-9H3/t30-,31-/m0/s1. The van der Waals surface area contributed by atoms with Crippen molar-refractivity contribution in [3.8, 4) is 0 Å². The van der Waals surface area contributed by atoms with E-state index >= 15 is 0 Å². The fraction of sp³-hybridized carbons (Fsp3) is 0.429. The molecule has 0 bridgehead atoms. The summed E-state index contributed by atoms with van der Waals surface area (Å²) in [5.74, 6) is 0. The molecule has 3 radical (unpaired) electrons. The van der Waals surface area contributed by atoms with Gasteiger partial charge < -0.3 is 0 Å². The number of hydrogen-bond acceptors (Lipinski definition) is 2. The van der Waals surface area contributed by atoms with E-state index in [1.807, 2.05) is 0 Å². The average molecular weight is 710 g/mol. The van der Waals surface area contributed by atoms with Crippen LogP contribution in [0.2, 0.25) is 58.9 Å². The van der Waals surface area contributed by atoms with Crippen molar-refractivity contribution in [1.29, 1.82) is 0 Å². The molecule has 0 unspecified atom stereocenters. The van der Waals surface area contributed by atoms with Gasteiger partial charge in [0.05, 0.1) is 0 Å². The zero-order chi connectivity index (χ0) is 25.7. The maximum atomic E-state index is 7.67. The Balaban J connectivity index is 2.73. The van der Waals surface area contributed by atoms with Gasteiger partial charge in [-0.05, 0) is 0 Å². The first kappa shape index (κ1) is 31.2. The van der Waals surface area contributed by atoms with Crippen LogP contribution in [0.1, 0.15) is 0 Å². The van der Waals surface area contributed by atoms with E-state index in [1.54, 1.807) is 0 Å². The van der Waals surface area contributed by atoms with Gasteiger partial charge >= 0.3 is 238 Å². The summed E-state index contributed by atoms with van der Waals surface area (Å²) in [5, 5.41) is 0. The predicted molar refractivity (Wildman–Crippen MR) is 166 cm³/mol. The second-order valence-corrected chi connectivity index (χ2v) is 40.7. The third-order valence-corrected chi connectivity index (χ3v) is 39.4. The Hall–Kier alpha value is 0.976. The Morgan fingerprint density at radius 1 is 0.706 bits per heavy atom. The molecule has 0 amide bonds. The second-order valence-electron chi connectivity index (χ2n) is 10.8. The van der Waals surface area contributed by atoms with E-state index in [-0.39, 0.29) is 0 Å². The summed E-state index contributed by atoms with van der Waals surface area (Å²) in [5.41, 5.74) is 0. The summed E-state index contributed by atoms with van der Waals surface area (Å²) in [6.07, 6.45) is 0. The van der Waals surface area contributed by atoms with Crippen molar-refractivity contribution in [2.24, 2.45) is 8.06 Å². The Morgan fingerprint density at radius 3 is 1.44 bits per heavy atom. The number of halogens is 2. The average Bonchev–Trinajstić information content (AvgIpc) is 2.71. The number of benzene rings is 2. The molecule has 13 heteroatoms. The first-order valence-corrected chi connectivity index (χ1v) is 32.1. The van der Waals surface area contributed by atoms with Gasteiger partial charge in [0, 0.05) is 0 Å². The second kappa shape index (κ2) is 13.2. The number of nitrogens with zero attached hydrogens (tertiary/aromatic N) is 4. The molecular formula is C21H37Cl2Ge2N4S2Si3. The zero-order valence-corrected chi connectivity index (χ0v) is 32.0. The molecule has 34 heavy (non-hydrogen) atoms. The minimum atomic E-state index is -2.55. The summed E-state index contributed by atoms with van der Waals surface area (Å²) in [6.45, 7) is 21.0. The van der Waals surface area contributed by atoms with Gasteiger partial charge in [-0.15, -0.1) is 0 Å². The van der Waals surface area contributed by atoms with Gasteiger partial charge in [0.1, 0.15) is 0 Å². The Labute approximate surface area is 235 Å². The molecule has 0 aliphatic rings. The first-order valence-electron chi connectivity index (χ1n) is 11.2. The van der Waals surface area contributed by atoms with E-state index in [9.17, 15) is 0 Å². The van der Waals surface area contributed by atoms with Crippen LogP contribution in [0.3, 0.4) is 0 Å². The van der Waals surface area contributed by atoms with E-state index in [2.05, 4.69) is 125 Å². The molecule has 2 rings (SSSR count). The molecule has 187 valence electrons. The summed E-state index contributed by atoms with van der Waals surface area (Å²) >= 11 is -3.49. The Morgan fingerprint density at radius 2 is 1.09 bits per heavy atom. The van der Waals surface area contributed by atoms with Crippen LogP contribution in [-0.4, -0.2) is 58.4 Å².